The van der Waals surface area contributed by atoms with Crippen molar-refractivity contribution >= 4 is 84.4 Å². The summed E-state index contributed by atoms with van der Waals surface area (Å²) >= 11 is 0. The summed E-state index contributed by atoms with van der Waals surface area (Å²) in [7, 11) is -4.85. The van der Waals surface area contributed by atoms with Crippen molar-refractivity contribution in [3.63, 3.8) is 0 Å². The number of hydrogen-bond acceptors (Lipinski definition) is 6. The van der Waals surface area contributed by atoms with Crippen molar-refractivity contribution in [3.8, 4) is 0 Å². The minimum atomic E-state index is -4.85. The molecule has 8 rings (SSSR count). The first-order chi connectivity index (χ1) is 25.2. The molecule has 9 heteroatoms. The third kappa shape index (κ3) is 6.91. The molecule has 0 bridgehead atoms. The molecule has 262 valence electrons. The van der Waals surface area contributed by atoms with E-state index in [1.165, 1.54) is 48.5 Å². The number of phosphoric acid groups is 1. The van der Waals surface area contributed by atoms with Gasteiger partial charge in [0.15, 0.2) is 6.10 Å². The monoisotopic (exact) mass is 712 g/mol. The maximum atomic E-state index is 12.9. The minimum Gasteiger partial charge on any atom is -0.462 e. The third-order valence-corrected chi connectivity index (χ3v) is 10.5. The van der Waals surface area contributed by atoms with E-state index < -0.39 is 32.5 Å². The molecule has 8 nitrogen and oxygen atoms in total. The molecular formula is C43H37O8P. The molecule has 0 aliphatic carbocycles. The lowest BCUT2D eigenvalue weighted by molar-refractivity contribution is -0.161. The van der Waals surface area contributed by atoms with Gasteiger partial charge in [-0.2, -0.15) is 0 Å². The van der Waals surface area contributed by atoms with Gasteiger partial charge in [0, 0.05) is 12.8 Å². The Hall–Kier alpha value is -5.11. The van der Waals surface area contributed by atoms with Crippen LogP contribution >= 0.6 is 7.82 Å². The van der Waals surface area contributed by atoms with Crippen LogP contribution in [0.1, 0.15) is 36.8 Å². The van der Waals surface area contributed by atoms with Crippen LogP contribution in [0.15, 0.2) is 109 Å². The smallest absolute Gasteiger partial charge is 0.462 e. The van der Waals surface area contributed by atoms with E-state index in [2.05, 4.69) is 114 Å². The second-order valence-corrected chi connectivity index (χ2v) is 14.7. The highest BCUT2D eigenvalue weighted by atomic mass is 31.2. The summed E-state index contributed by atoms with van der Waals surface area (Å²) in [5.74, 6) is -1.06. The molecule has 0 aromatic heterocycles. The fraction of sp³-hybridized carbons (Fsp3) is 0.209. The summed E-state index contributed by atoms with van der Waals surface area (Å²) in [6, 6.07) is 38.1. The first-order valence-electron chi connectivity index (χ1n) is 17.6. The lowest BCUT2D eigenvalue weighted by Gasteiger charge is -2.18. The summed E-state index contributed by atoms with van der Waals surface area (Å²) in [5, 5.41) is 14.3. The van der Waals surface area contributed by atoms with Crippen LogP contribution in [0, 0.1) is 0 Å². The maximum absolute atomic E-state index is 12.9. The Bertz CT molecular complexity index is 2590. The van der Waals surface area contributed by atoms with Crippen molar-refractivity contribution in [2.45, 2.75) is 44.6 Å². The molecule has 0 spiro atoms. The number of benzene rings is 8. The number of aryl methyl sites for hydroxylation is 2. The Labute approximate surface area is 299 Å². The zero-order valence-corrected chi connectivity index (χ0v) is 29.3. The Kier molecular flexibility index (Phi) is 9.24. The van der Waals surface area contributed by atoms with Gasteiger partial charge in [-0.05, 0) is 101 Å². The topological polar surface area (TPSA) is 119 Å². The molecule has 8 aromatic carbocycles. The first-order valence-corrected chi connectivity index (χ1v) is 19.1. The molecule has 0 unspecified atom stereocenters. The number of hydrogen-bond donors (Lipinski definition) is 2. The first kappa shape index (κ1) is 34.0. The van der Waals surface area contributed by atoms with E-state index in [9.17, 15) is 23.9 Å². The van der Waals surface area contributed by atoms with E-state index in [0.717, 1.165) is 27.3 Å². The van der Waals surface area contributed by atoms with Gasteiger partial charge < -0.3 is 19.3 Å². The Morgan fingerprint density at radius 3 is 1.44 bits per heavy atom. The van der Waals surface area contributed by atoms with Gasteiger partial charge >= 0.3 is 19.8 Å². The lowest BCUT2D eigenvalue weighted by atomic mass is 9.90. The van der Waals surface area contributed by atoms with Crippen LogP contribution in [0.4, 0.5) is 0 Å². The van der Waals surface area contributed by atoms with Crippen LogP contribution in [0.5, 0.6) is 0 Å². The van der Waals surface area contributed by atoms with E-state index >= 15 is 0 Å². The summed E-state index contributed by atoms with van der Waals surface area (Å²) in [5.41, 5.74) is 2.26. The van der Waals surface area contributed by atoms with Gasteiger partial charge in [0.1, 0.15) is 6.61 Å². The zero-order valence-electron chi connectivity index (χ0n) is 28.4. The number of phosphoric ester groups is 1. The fourth-order valence-corrected chi connectivity index (χ4v) is 8.03. The third-order valence-electron chi connectivity index (χ3n) is 10.0. The van der Waals surface area contributed by atoms with Crippen LogP contribution in [0.25, 0.3) is 64.6 Å². The Morgan fingerprint density at radius 2 is 0.962 bits per heavy atom. The largest absolute Gasteiger partial charge is 0.469 e. The molecule has 8 aromatic rings. The molecule has 0 heterocycles. The van der Waals surface area contributed by atoms with Crippen LogP contribution < -0.4 is 0 Å². The quantitative estimate of drug-likeness (QED) is 0.0651. The van der Waals surface area contributed by atoms with E-state index in [4.69, 9.17) is 9.47 Å². The van der Waals surface area contributed by atoms with Crippen molar-refractivity contribution in [1.82, 2.24) is 0 Å². The lowest BCUT2D eigenvalue weighted by Crippen LogP contribution is -2.29. The van der Waals surface area contributed by atoms with Crippen LogP contribution in [0.2, 0.25) is 0 Å². The van der Waals surface area contributed by atoms with Gasteiger partial charge in [0.2, 0.25) is 0 Å². The predicted octanol–water partition coefficient (Wildman–Crippen LogP) is 9.39. The van der Waals surface area contributed by atoms with Gasteiger partial charge in [0.05, 0.1) is 6.61 Å². The highest BCUT2D eigenvalue weighted by Gasteiger charge is 2.23. The van der Waals surface area contributed by atoms with E-state index in [1.54, 1.807) is 0 Å². The van der Waals surface area contributed by atoms with Gasteiger partial charge in [-0.1, -0.05) is 109 Å². The van der Waals surface area contributed by atoms with Gasteiger partial charge in [-0.3, -0.25) is 14.1 Å². The van der Waals surface area contributed by atoms with Crippen LogP contribution in [-0.2, 0) is 41.0 Å². The van der Waals surface area contributed by atoms with Gasteiger partial charge in [-0.25, -0.2) is 4.57 Å². The average Bonchev–Trinajstić information content (AvgIpc) is 3.14. The molecule has 0 aliphatic rings. The SMILES string of the molecule is O=C(CCCc1ccc2ccc3cccc4ccc1c2c34)OC[C@H](COP(=O)(O)O)OC(=O)CCCc1ccc2ccc3cccc4ccc1c2c34. The standard InChI is InChI=1S/C43H37O8P/c44-38(11-3-5-27-13-15-33-19-17-29-7-1-9-31-21-23-36(27)42(33)40(29)31)49-25-35(26-50-52(46,47)48)51-39(45)12-4-6-28-14-16-34-20-18-30-8-2-10-32-22-24-37(28)43(34)41(30)32/h1-2,7-10,13-24,35H,3-6,11-12,25-26H2,(H2,46,47,48)/t35-/m1/s1. The van der Waals surface area contributed by atoms with Crippen molar-refractivity contribution in [3.05, 3.63) is 120 Å². The molecule has 0 fully saturated rings. The minimum absolute atomic E-state index is 0.0711. The predicted molar refractivity (Wildman–Crippen MR) is 205 cm³/mol. The van der Waals surface area contributed by atoms with E-state index in [-0.39, 0.29) is 19.4 Å². The number of rotatable bonds is 14. The second kappa shape index (κ2) is 14.1. The van der Waals surface area contributed by atoms with Crippen molar-refractivity contribution in [1.29, 1.82) is 0 Å². The number of esters is 2. The zero-order chi connectivity index (χ0) is 35.8. The molecule has 2 N–H and O–H groups in total. The summed E-state index contributed by atoms with van der Waals surface area (Å²) in [4.78, 5) is 44.2. The molecule has 0 amide bonds. The van der Waals surface area contributed by atoms with Crippen molar-refractivity contribution < 1.29 is 37.9 Å². The number of ether oxygens (including phenoxy) is 2. The number of carbonyl (C=O) groups excluding carboxylic acids is 2. The van der Waals surface area contributed by atoms with Crippen molar-refractivity contribution in [2.75, 3.05) is 13.2 Å². The summed E-state index contributed by atoms with van der Waals surface area (Å²) in [6.07, 6.45) is 1.36. The molecule has 0 saturated heterocycles. The number of carbonyl (C=O) groups is 2. The summed E-state index contributed by atoms with van der Waals surface area (Å²) in [6.45, 7) is -0.987. The van der Waals surface area contributed by atoms with Gasteiger partial charge in [-0.15, -0.1) is 0 Å². The van der Waals surface area contributed by atoms with Gasteiger partial charge in [0.25, 0.3) is 0 Å². The molecule has 1 atom stereocenters. The van der Waals surface area contributed by atoms with Crippen LogP contribution in [-0.4, -0.2) is 41.0 Å². The average molecular weight is 713 g/mol. The molecule has 0 aliphatic heterocycles. The highest BCUT2D eigenvalue weighted by molar-refractivity contribution is 7.46. The Morgan fingerprint density at radius 1 is 0.538 bits per heavy atom. The fourth-order valence-electron chi connectivity index (χ4n) is 7.67. The van der Waals surface area contributed by atoms with E-state index in [1.807, 2.05) is 0 Å². The maximum Gasteiger partial charge on any atom is 0.469 e. The Balaban J connectivity index is 0.866. The molecule has 0 saturated carbocycles. The van der Waals surface area contributed by atoms with Crippen molar-refractivity contribution in [2.24, 2.45) is 0 Å². The van der Waals surface area contributed by atoms with E-state index in [0.29, 0.717) is 25.7 Å². The molecule has 52 heavy (non-hydrogen) atoms. The summed E-state index contributed by atoms with van der Waals surface area (Å²) < 4.78 is 27.0. The highest BCUT2D eigenvalue weighted by Crippen LogP contribution is 2.38. The van der Waals surface area contributed by atoms with Crippen LogP contribution in [0.3, 0.4) is 0 Å². The second-order valence-electron chi connectivity index (χ2n) is 13.4. The molecule has 0 radical (unpaired) electrons. The molecular weight excluding hydrogens is 675 g/mol. The normalized spacial score (nSPS) is 12.9.